The van der Waals surface area contributed by atoms with Gasteiger partial charge in [0, 0.05) is 18.7 Å². The van der Waals surface area contributed by atoms with E-state index in [1.807, 2.05) is 37.3 Å². The van der Waals surface area contributed by atoms with Crippen molar-refractivity contribution in [3.05, 3.63) is 53.7 Å². The van der Waals surface area contributed by atoms with Gasteiger partial charge in [-0.3, -0.25) is 4.79 Å². The summed E-state index contributed by atoms with van der Waals surface area (Å²) in [5.74, 6) is 0.422. The molecule has 5 heteroatoms. The van der Waals surface area contributed by atoms with Crippen LogP contribution in [-0.4, -0.2) is 24.0 Å². The van der Waals surface area contributed by atoms with E-state index in [0.717, 1.165) is 11.3 Å². The van der Waals surface area contributed by atoms with Gasteiger partial charge in [0.2, 0.25) is 0 Å². The maximum Gasteiger partial charge on any atom is 0.251 e. The van der Waals surface area contributed by atoms with Gasteiger partial charge in [-0.25, -0.2) is 4.98 Å². The van der Waals surface area contributed by atoms with Crippen molar-refractivity contribution in [1.82, 2.24) is 10.3 Å². The summed E-state index contributed by atoms with van der Waals surface area (Å²) in [5, 5.41) is 6.01. The maximum absolute atomic E-state index is 11.8. The van der Waals surface area contributed by atoms with Crippen molar-refractivity contribution >= 4 is 17.4 Å². The van der Waals surface area contributed by atoms with Crippen molar-refractivity contribution in [3.63, 3.8) is 0 Å². The molecule has 1 aromatic carbocycles. The number of nitrogens with zero attached hydrogens (tertiary/aromatic N) is 1. The molecule has 0 atom stereocenters. The van der Waals surface area contributed by atoms with Crippen molar-refractivity contribution in [2.75, 3.05) is 24.1 Å². The van der Waals surface area contributed by atoms with Gasteiger partial charge in [-0.05, 0) is 31.2 Å². The average Bonchev–Trinajstić information content (AvgIpc) is 2.46. The molecule has 0 spiro atoms. The zero-order valence-electron chi connectivity index (χ0n) is 11.4. The van der Waals surface area contributed by atoms with Gasteiger partial charge in [-0.1, -0.05) is 17.7 Å². The molecule has 104 valence electrons. The molecule has 0 radical (unpaired) electrons. The van der Waals surface area contributed by atoms with Crippen molar-refractivity contribution < 1.29 is 4.79 Å². The molecule has 4 N–H and O–H groups in total. The molecule has 0 unspecified atom stereocenters. The number of benzene rings is 1. The Morgan fingerprint density at radius 1 is 1.15 bits per heavy atom. The lowest BCUT2D eigenvalue weighted by atomic mass is 10.1. The summed E-state index contributed by atoms with van der Waals surface area (Å²) in [6, 6.07) is 11.1. The Morgan fingerprint density at radius 3 is 2.55 bits per heavy atom. The summed E-state index contributed by atoms with van der Waals surface area (Å²) >= 11 is 0. The number of carbonyl (C=O) groups is 1. The topological polar surface area (TPSA) is 80.0 Å². The monoisotopic (exact) mass is 270 g/mol. The normalized spacial score (nSPS) is 10.1. The van der Waals surface area contributed by atoms with Crippen LogP contribution in [0.1, 0.15) is 15.9 Å². The van der Waals surface area contributed by atoms with E-state index in [9.17, 15) is 4.79 Å². The molecule has 20 heavy (non-hydrogen) atoms. The number of aromatic nitrogens is 1. The molecule has 0 bridgehead atoms. The predicted octanol–water partition coefficient (Wildman–Crippen LogP) is 1.81. The first kappa shape index (κ1) is 13.9. The molecular weight excluding hydrogens is 252 g/mol. The molecule has 2 aromatic rings. The molecule has 0 aliphatic heterocycles. The third-order valence-electron chi connectivity index (χ3n) is 2.84. The van der Waals surface area contributed by atoms with Gasteiger partial charge in [0.15, 0.2) is 0 Å². The van der Waals surface area contributed by atoms with Gasteiger partial charge in [-0.15, -0.1) is 0 Å². The number of rotatable bonds is 5. The van der Waals surface area contributed by atoms with E-state index < -0.39 is 0 Å². The smallest absolute Gasteiger partial charge is 0.251 e. The van der Waals surface area contributed by atoms with E-state index >= 15 is 0 Å². The highest BCUT2D eigenvalue weighted by molar-refractivity contribution is 5.94. The first-order valence-electron chi connectivity index (χ1n) is 6.45. The fourth-order valence-electron chi connectivity index (χ4n) is 1.70. The number of hydrogen-bond acceptors (Lipinski definition) is 4. The number of nitrogens with one attached hydrogen (secondary N) is 2. The fraction of sp³-hybridized carbons (Fsp3) is 0.200. The first-order valence-corrected chi connectivity index (χ1v) is 6.45. The third kappa shape index (κ3) is 3.98. The maximum atomic E-state index is 11.8. The van der Waals surface area contributed by atoms with E-state index in [0.29, 0.717) is 24.5 Å². The largest absolute Gasteiger partial charge is 0.384 e. The second-order valence-electron chi connectivity index (χ2n) is 4.52. The van der Waals surface area contributed by atoms with Crippen molar-refractivity contribution in [1.29, 1.82) is 0 Å². The second kappa shape index (κ2) is 6.56. The number of amides is 1. The summed E-state index contributed by atoms with van der Waals surface area (Å²) in [5.41, 5.74) is 8.19. The molecule has 0 aliphatic carbocycles. The lowest BCUT2D eigenvalue weighted by Gasteiger charge is -2.08. The quantitative estimate of drug-likeness (QED) is 0.724. The number of anilines is 2. The van der Waals surface area contributed by atoms with Crippen LogP contribution in [0.5, 0.6) is 0 Å². The molecule has 0 aliphatic rings. The van der Waals surface area contributed by atoms with Crippen LogP contribution in [-0.2, 0) is 0 Å². The molecule has 5 nitrogen and oxygen atoms in total. The van der Waals surface area contributed by atoms with E-state index in [-0.39, 0.29) is 5.91 Å². The van der Waals surface area contributed by atoms with E-state index in [2.05, 4.69) is 15.6 Å². The van der Waals surface area contributed by atoms with Crippen LogP contribution in [0.4, 0.5) is 11.5 Å². The van der Waals surface area contributed by atoms with Gasteiger partial charge in [0.05, 0.1) is 11.9 Å². The van der Waals surface area contributed by atoms with Crippen LogP contribution in [0.2, 0.25) is 0 Å². The second-order valence-corrected chi connectivity index (χ2v) is 4.52. The summed E-state index contributed by atoms with van der Waals surface area (Å²) < 4.78 is 0. The van der Waals surface area contributed by atoms with Crippen LogP contribution in [0.3, 0.4) is 0 Å². The van der Waals surface area contributed by atoms with E-state index in [1.54, 1.807) is 12.3 Å². The molecule has 0 saturated carbocycles. The van der Waals surface area contributed by atoms with Gasteiger partial charge < -0.3 is 16.4 Å². The summed E-state index contributed by atoms with van der Waals surface area (Å²) in [4.78, 5) is 15.8. The molecule has 2 rings (SSSR count). The summed E-state index contributed by atoms with van der Waals surface area (Å²) in [6.45, 7) is 3.16. The Morgan fingerprint density at radius 2 is 1.90 bits per heavy atom. The number of nitrogens with two attached hydrogens (primary N) is 1. The zero-order valence-corrected chi connectivity index (χ0v) is 11.4. The Bertz CT molecular complexity index is 563. The highest BCUT2D eigenvalue weighted by Gasteiger charge is 2.03. The Labute approximate surface area is 118 Å². The Hall–Kier alpha value is -2.56. The van der Waals surface area contributed by atoms with Gasteiger partial charge in [-0.2, -0.15) is 0 Å². The van der Waals surface area contributed by atoms with Crippen molar-refractivity contribution in [3.8, 4) is 0 Å². The molecule has 1 heterocycles. The highest BCUT2D eigenvalue weighted by Crippen LogP contribution is 2.06. The number of carbonyl (C=O) groups excluding carboxylic acids is 1. The third-order valence-corrected chi connectivity index (χ3v) is 2.84. The average molecular weight is 270 g/mol. The number of nitrogen functional groups attached to an aromatic ring is 1. The van der Waals surface area contributed by atoms with Crippen molar-refractivity contribution in [2.45, 2.75) is 6.92 Å². The first-order chi connectivity index (χ1) is 9.65. The van der Waals surface area contributed by atoms with E-state index in [4.69, 9.17) is 5.73 Å². The minimum atomic E-state index is -0.0674. The molecule has 1 amide bonds. The lowest BCUT2D eigenvalue weighted by molar-refractivity contribution is 0.0955. The molecule has 1 aromatic heterocycles. The zero-order chi connectivity index (χ0) is 14.4. The number of hydrogen-bond donors (Lipinski definition) is 3. The number of pyridine rings is 1. The minimum absolute atomic E-state index is 0.0674. The van der Waals surface area contributed by atoms with Crippen LogP contribution in [0, 0.1) is 6.92 Å². The Balaban J connectivity index is 1.74. The number of aryl methyl sites for hydroxylation is 1. The predicted molar refractivity (Wildman–Crippen MR) is 80.7 cm³/mol. The Kier molecular flexibility index (Phi) is 4.55. The standard InChI is InChI=1S/C15H18N4O/c1-11-2-4-12(5-3-11)15(20)18-9-8-17-13-6-7-14(16)19-10-13/h2-7,10,17H,8-9H2,1H3,(H2,16,19)(H,18,20). The summed E-state index contributed by atoms with van der Waals surface area (Å²) in [7, 11) is 0. The van der Waals surface area contributed by atoms with Crippen molar-refractivity contribution in [2.24, 2.45) is 0 Å². The van der Waals surface area contributed by atoms with Crippen LogP contribution in [0.15, 0.2) is 42.6 Å². The minimum Gasteiger partial charge on any atom is -0.384 e. The fourth-order valence-corrected chi connectivity index (χ4v) is 1.70. The molecular formula is C15H18N4O. The molecule has 0 saturated heterocycles. The lowest BCUT2D eigenvalue weighted by Crippen LogP contribution is -2.28. The van der Waals surface area contributed by atoms with Gasteiger partial charge in [0.1, 0.15) is 5.82 Å². The summed E-state index contributed by atoms with van der Waals surface area (Å²) in [6.07, 6.45) is 1.66. The highest BCUT2D eigenvalue weighted by atomic mass is 16.1. The SMILES string of the molecule is Cc1ccc(C(=O)NCCNc2ccc(N)nc2)cc1. The molecule has 0 fully saturated rings. The van der Waals surface area contributed by atoms with Crippen LogP contribution < -0.4 is 16.4 Å². The van der Waals surface area contributed by atoms with Crippen LogP contribution >= 0.6 is 0 Å². The van der Waals surface area contributed by atoms with Gasteiger partial charge in [0.25, 0.3) is 5.91 Å². The van der Waals surface area contributed by atoms with E-state index in [1.165, 1.54) is 0 Å². The van der Waals surface area contributed by atoms with Crippen LogP contribution in [0.25, 0.3) is 0 Å². The van der Waals surface area contributed by atoms with Gasteiger partial charge >= 0.3 is 0 Å².